The number of ether oxygens (including phenoxy) is 1. The molecule has 0 saturated heterocycles. The summed E-state index contributed by atoms with van der Waals surface area (Å²) in [5.41, 5.74) is 7.74. The Morgan fingerprint density at radius 2 is 2.05 bits per heavy atom. The molecule has 0 atom stereocenters. The lowest BCUT2D eigenvalue weighted by Gasteiger charge is -2.09. The second-order valence-corrected chi connectivity index (χ2v) is 4.76. The van der Waals surface area contributed by atoms with Crippen LogP contribution in [0.15, 0.2) is 42.7 Å². The molecular weight excluding hydrogens is 286 g/mol. The standard InChI is InChI=1S/C15H15N3O2S/c1-20-13-9-17-7-6-12(13)15(19)18-8-10-2-4-11(5-3-10)14(16)21/h2-7,9H,8H2,1H3,(H2,16,21)(H,18,19). The number of benzene rings is 1. The highest BCUT2D eigenvalue weighted by molar-refractivity contribution is 7.80. The van der Waals surface area contributed by atoms with Crippen LogP contribution in [0, 0.1) is 0 Å². The second kappa shape index (κ2) is 6.81. The molecular formula is C15H15N3O2S. The molecule has 2 rings (SSSR count). The first-order chi connectivity index (χ1) is 10.1. The Bertz CT molecular complexity index is 656. The number of amides is 1. The molecule has 0 aliphatic carbocycles. The van der Waals surface area contributed by atoms with Gasteiger partial charge in [0, 0.05) is 18.3 Å². The number of hydrogen-bond acceptors (Lipinski definition) is 4. The number of methoxy groups -OCH3 is 1. The monoisotopic (exact) mass is 301 g/mol. The van der Waals surface area contributed by atoms with Crippen molar-refractivity contribution < 1.29 is 9.53 Å². The first-order valence-electron chi connectivity index (χ1n) is 6.26. The van der Waals surface area contributed by atoms with Gasteiger partial charge in [0.25, 0.3) is 5.91 Å². The number of nitrogens with zero attached hydrogens (tertiary/aromatic N) is 1. The highest BCUT2D eigenvalue weighted by atomic mass is 32.1. The van der Waals surface area contributed by atoms with Gasteiger partial charge in [-0.25, -0.2) is 0 Å². The number of aromatic nitrogens is 1. The molecule has 0 radical (unpaired) electrons. The van der Waals surface area contributed by atoms with E-state index < -0.39 is 0 Å². The van der Waals surface area contributed by atoms with Crippen molar-refractivity contribution in [1.82, 2.24) is 10.3 Å². The summed E-state index contributed by atoms with van der Waals surface area (Å²) in [6.07, 6.45) is 3.06. The van der Waals surface area contributed by atoms with Gasteiger partial charge in [-0.05, 0) is 11.6 Å². The largest absolute Gasteiger partial charge is 0.494 e. The molecule has 0 unspecified atom stereocenters. The van der Waals surface area contributed by atoms with Crippen LogP contribution in [-0.2, 0) is 6.54 Å². The van der Waals surface area contributed by atoms with E-state index in [1.54, 1.807) is 12.3 Å². The van der Waals surface area contributed by atoms with Crippen LogP contribution in [0.5, 0.6) is 5.75 Å². The Kier molecular flexibility index (Phi) is 4.84. The van der Waals surface area contributed by atoms with E-state index in [2.05, 4.69) is 10.3 Å². The highest BCUT2D eigenvalue weighted by Crippen LogP contribution is 2.15. The number of nitrogens with one attached hydrogen (secondary N) is 1. The predicted octanol–water partition coefficient (Wildman–Crippen LogP) is 1.65. The smallest absolute Gasteiger partial charge is 0.255 e. The lowest BCUT2D eigenvalue weighted by atomic mass is 10.1. The minimum Gasteiger partial charge on any atom is -0.494 e. The quantitative estimate of drug-likeness (QED) is 0.821. The third-order valence-electron chi connectivity index (χ3n) is 2.94. The van der Waals surface area contributed by atoms with Gasteiger partial charge >= 0.3 is 0 Å². The average Bonchev–Trinajstić information content (AvgIpc) is 2.52. The fourth-order valence-electron chi connectivity index (χ4n) is 1.79. The van der Waals surface area contributed by atoms with E-state index in [1.807, 2.05) is 24.3 Å². The minimum absolute atomic E-state index is 0.215. The van der Waals surface area contributed by atoms with Gasteiger partial charge in [-0.15, -0.1) is 0 Å². The number of carbonyl (C=O) groups is 1. The van der Waals surface area contributed by atoms with Crippen molar-refractivity contribution in [3.63, 3.8) is 0 Å². The zero-order valence-electron chi connectivity index (χ0n) is 11.5. The molecule has 0 aliphatic rings. The molecule has 0 bridgehead atoms. The Balaban J connectivity index is 2.02. The van der Waals surface area contributed by atoms with Crippen LogP contribution in [0.2, 0.25) is 0 Å². The van der Waals surface area contributed by atoms with E-state index in [1.165, 1.54) is 13.3 Å². The Morgan fingerprint density at radius 1 is 1.33 bits per heavy atom. The maximum atomic E-state index is 12.1. The van der Waals surface area contributed by atoms with Gasteiger partial charge in [-0.3, -0.25) is 9.78 Å². The molecule has 1 aromatic heterocycles. The third kappa shape index (κ3) is 3.76. The van der Waals surface area contributed by atoms with Gasteiger partial charge in [0.2, 0.25) is 0 Å². The Morgan fingerprint density at radius 3 is 2.67 bits per heavy atom. The molecule has 0 fully saturated rings. The molecule has 2 aromatic rings. The molecule has 21 heavy (non-hydrogen) atoms. The summed E-state index contributed by atoms with van der Waals surface area (Å²) in [6.45, 7) is 0.405. The molecule has 6 heteroatoms. The molecule has 0 saturated carbocycles. The third-order valence-corrected chi connectivity index (χ3v) is 3.18. The van der Waals surface area contributed by atoms with Crippen LogP contribution in [0.25, 0.3) is 0 Å². The summed E-state index contributed by atoms with van der Waals surface area (Å²) in [5, 5.41) is 2.83. The number of nitrogens with two attached hydrogens (primary N) is 1. The fraction of sp³-hybridized carbons (Fsp3) is 0.133. The average molecular weight is 301 g/mol. The predicted molar refractivity (Wildman–Crippen MR) is 84.3 cm³/mol. The van der Waals surface area contributed by atoms with E-state index in [0.717, 1.165) is 11.1 Å². The maximum Gasteiger partial charge on any atom is 0.255 e. The van der Waals surface area contributed by atoms with Crippen LogP contribution in [0.4, 0.5) is 0 Å². The van der Waals surface area contributed by atoms with Gasteiger partial charge in [0.1, 0.15) is 10.7 Å². The zero-order chi connectivity index (χ0) is 15.2. The van der Waals surface area contributed by atoms with Gasteiger partial charge in [-0.1, -0.05) is 36.5 Å². The number of thiocarbonyl (C=S) groups is 1. The van der Waals surface area contributed by atoms with Crippen molar-refractivity contribution in [2.24, 2.45) is 5.73 Å². The normalized spacial score (nSPS) is 9.95. The summed E-state index contributed by atoms with van der Waals surface area (Å²) in [4.78, 5) is 16.4. The second-order valence-electron chi connectivity index (χ2n) is 4.32. The zero-order valence-corrected chi connectivity index (χ0v) is 12.3. The van der Waals surface area contributed by atoms with E-state index >= 15 is 0 Å². The van der Waals surface area contributed by atoms with Crippen molar-refractivity contribution in [3.8, 4) is 5.75 Å². The number of hydrogen-bond donors (Lipinski definition) is 2. The number of carbonyl (C=O) groups excluding carboxylic acids is 1. The minimum atomic E-state index is -0.215. The van der Waals surface area contributed by atoms with Crippen LogP contribution < -0.4 is 15.8 Å². The summed E-state index contributed by atoms with van der Waals surface area (Å²) < 4.78 is 5.11. The summed E-state index contributed by atoms with van der Waals surface area (Å²) >= 11 is 4.89. The van der Waals surface area contributed by atoms with Crippen molar-refractivity contribution in [1.29, 1.82) is 0 Å². The summed E-state index contributed by atoms with van der Waals surface area (Å²) in [6, 6.07) is 9.02. The van der Waals surface area contributed by atoms with Crippen LogP contribution in [-0.4, -0.2) is 23.0 Å². The van der Waals surface area contributed by atoms with Gasteiger partial charge < -0.3 is 15.8 Å². The topological polar surface area (TPSA) is 77.2 Å². The Hall–Kier alpha value is -2.47. The summed E-state index contributed by atoms with van der Waals surface area (Å²) in [7, 11) is 1.50. The van der Waals surface area contributed by atoms with Crippen molar-refractivity contribution in [2.75, 3.05) is 7.11 Å². The maximum absolute atomic E-state index is 12.1. The molecule has 108 valence electrons. The molecule has 5 nitrogen and oxygen atoms in total. The van der Waals surface area contributed by atoms with Crippen molar-refractivity contribution in [3.05, 3.63) is 59.4 Å². The SMILES string of the molecule is COc1cnccc1C(=O)NCc1ccc(C(N)=S)cc1. The summed E-state index contributed by atoms with van der Waals surface area (Å²) in [5.74, 6) is 0.228. The lowest BCUT2D eigenvalue weighted by Crippen LogP contribution is -2.23. The first-order valence-corrected chi connectivity index (χ1v) is 6.67. The van der Waals surface area contributed by atoms with E-state index in [9.17, 15) is 4.79 Å². The molecule has 1 aromatic carbocycles. The van der Waals surface area contributed by atoms with Gasteiger partial charge in [0.15, 0.2) is 0 Å². The molecule has 0 aliphatic heterocycles. The van der Waals surface area contributed by atoms with Crippen LogP contribution in [0.3, 0.4) is 0 Å². The van der Waals surface area contributed by atoms with E-state index in [0.29, 0.717) is 22.8 Å². The fourth-order valence-corrected chi connectivity index (χ4v) is 1.93. The van der Waals surface area contributed by atoms with Crippen molar-refractivity contribution >= 4 is 23.1 Å². The number of pyridine rings is 1. The van der Waals surface area contributed by atoms with E-state index in [4.69, 9.17) is 22.7 Å². The van der Waals surface area contributed by atoms with Crippen LogP contribution in [0.1, 0.15) is 21.5 Å². The van der Waals surface area contributed by atoms with Gasteiger partial charge in [0.05, 0.1) is 18.9 Å². The number of rotatable bonds is 5. The van der Waals surface area contributed by atoms with E-state index in [-0.39, 0.29) is 5.91 Å². The molecule has 1 amide bonds. The van der Waals surface area contributed by atoms with Gasteiger partial charge in [-0.2, -0.15) is 0 Å². The highest BCUT2D eigenvalue weighted by Gasteiger charge is 2.11. The lowest BCUT2D eigenvalue weighted by molar-refractivity contribution is 0.0947. The Labute approximate surface area is 128 Å². The first kappa shape index (κ1) is 14.9. The van der Waals surface area contributed by atoms with Crippen molar-refractivity contribution in [2.45, 2.75) is 6.54 Å². The van der Waals surface area contributed by atoms with Crippen LogP contribution >= 0.6 is 12.2 Å². The molecule has 0 spiro atoms. The molecule has 1 heterocycles. The molecule has 3 N–H and O–H groups in total.